The molecule has 1 heterocycles. The summed E-state index contributed by atoms with van der Waals surface area (Å²) in [5.41, 5.74) is 2.73. The third kappa shape index (κ3) is 2.43. The molecule has 0 saturated carbocycles. The topological polar surface area (TPSA) is 46.6 Å². The quantitative estimate of drug-likeness (QED) is 0.820. The summed E-state index contributed by atoms with van der Waals surface area (Å²) in [5.74, 6) is 0. The van der Waals surface area contributed by atoms with Crippen LogP contribution in [0.1, 0.15) is 16.7 Å². The summed E-state index contributed by atoms with van der Waals surface area (Å²) in [7, 11) is -3.39. The Bertz CT molecular complexity index is 522. The van der Waals surface area contributed by atoms with Crippen molar-refractivity contribution >= 4 is 10.0 Å². The van der Waals surface area contributed by atoms with E-state index in [1.807, 2.05) is 32.9 Å². The number of nitrogens with zero attached hydrogens (tertiary/aromatic N) is 1. The van der Waals surface area contributed by atoms with E-state index in [9.17, 15) is 8.42 Å². The number of aryl methyl sites for hydroxylation is 3. The molecule has 1 aromatic carbocycles. The van der Waals surface area contributed by atoms with Crippen LogP contribution in [0.15, 0.2) is 17.0 Å². The van der Waals surface area contributed by atoms with Crippen LogP contribution in [0.4, 0.5) is 0 Å². The van der Waals surface area contributed by atoms with E-state index in [0.717, 1.165) is 16.7 Å². The maximum atomic E-state index is 12.6. The van der Waals surface area contributed by atoms with Crippen molar-refractivity contribution in [1.82, 2.24) is 4.31 Å². The van der Waals surface area contributed by atoms with Gasteiger partial charge < -0.3 is 4.74 Å². The summed E-state index contributed by atoms with van der Waals surface area (Å²) in [6.45, 7) is 7.52. The van der Waals surface area contributed by atoms with Crippen molar-refractivity contribution in [2.75, 3.05) is 26.3 Å². The molecule has 4 nitrogen and oxygen atoms in total. The molecule has 1 aromatic rings. The molecule has 1 aliphatic rings. The van der Waals surface area contributed by atoms with Gasteiger partial charge in [0.05, 0.1) is 18.1 Å². The lowest BCUT2D eigenvalue weighted by Gasteiger charge is -2.27. The summed E-state index contributed by atoms with van der Waals surface area (Å²) < 4.78 is 31.9. The number of hydrogen-bond acceptors (Lipinski definition) is 3. The van der Waals surface area contributed by atoms with E-state index in [1.54, 1.807) is 0 Å². The first-order valence-corrected chi connectivity index (χ1v) is 7.52. The van der Waals surface area contributed by atoms with Gasteiger partial charge in [0, 0.05) is 13.1 Å². The van der Waals surface area contributed by atoms with Crippen molar-refractivity contribution in [3.63, 3.8) is 0 Å². The summed E-state index contributed by atoms with van der Waals surface area (Å²) >= 11 is 0. The normalized spacial score (nSPS) is 17.9. The van der Waals surface area contributed by atoms with Crippen LogP contribution in [-0.2, 0) is 14.8 Å². The van der Waals surface area contributed by atoms with Crippen LogP contribution < -0.4 is 0 Å². The third-order valence-corrected chi connectivity index (χ3v) is 5.38. The molecule has 0 spiro atoms. The van der Waals surface area contributed by atoms with Crippen LogP contribution in [0.2, 0.25) is 0 Å². The number of rotatable bonds is 2. The summed E-state index contributed by atoms with van der Waals surface area (Å²) in [6.07, 6.45) is 0. The van der Waals surface area contributed by atoms with Gasteiger partial charge in [0.15, 0.2) is 0 Å². The van der Waals surface area contributed by atoms with E-state index in [1.165, 1.54) is 4.31 Å². The first kappa shape index (κ1) is 13.5. The van der Waals surface area contributed by atoms with Crippen LogP contribution in [0, 0.1) is 20.8 Å². The zero-order valence-corrected chi connectivity index (χ0v) is 11.9. The lowest BCUT2D eigenvalue weighted by atomic mass is 10.1. The van der Waals surface area contributed by atoms with Gasteiger partial charge in [-0.15, -0.1) is 0 Å². The van der Waals surface area contributed by atoms with Crippen molar-refractivity contribution in [1.29, 1.82) is 0 Å². The molecule has 0 bridgehead atoms. The average Bonchev–Trinajstić information content (AvgIpc) is 2.28. The van der Waals surface area contributed by atoms with E-state index in [4.69, 9.17) is 4.74 Å². The predicted molar refractivity (Wildman–Crippen MR) is 70.2 cm³/mol. The van der Waals surface area contributed by atoms with Gasteiger partial charge in [-0.25, -0.2) is 8.42 Å². The van der Waals surface area contributed by atoms with Gasteiger partial charge in [-0.2, -0.15) is 4.31 Å². The minimum atomic E-state index is -3.39. The second kappa shape index (κ2) is 4.99. The summed E-state index contributed by atoms with van der Waals surface area (Å²) in [5, 5.41) is 0. The van der Waals surface area contributed by atoms with Gasteiger partial charge in [-0.3, -0.25) is 0 Å². The monoisotopic (exact) mass is 269 g/mol. The zero-order valence-electron chi connectivity index (χ0n) is 11.1. The van der Waals surface area contributed by atoms with Crippen molar-refractivity contribution < 1.29 is 13.2 Å². The highest BCUT2D eigenvalue weighted by Gasteiger charge is 2.29. The fourth-order valence-electron chi connectivity index (χ4n) is 2.49. The maximum Gasteiger partial charge on any atom is 0.243 e. The molecule has 0 unspecified atom stereocenters. The molecular formula is C13H19NO3S. The Hall–Kier alpha value is -0.910. The number of benzene rings is 1. The van der Waals surface area contributed by atoms with Crippen molar-refractivity contribution in [3.8, 4) is 0 Å². The largest absolute Gasteiger partial charge is 0.379 e. The first-order valence-electron chi connectivity index (χ1n) is 6.08. The Kier molecular flexibility index (Phi) is 3.75. The number of ether oxygens (including phenoxy) is 1. The van der Waals surface area contributed by atoms with Crippen LogP contribution in [0.25, 0.3) is 0 Å². The van der Waals surface area contributed by atoms with E-state index in [-0.39, 0.29) is 0 Å². The molecule has 2 rings (SSSR count). The van der Waals surface area contributed by atoms with Gasteiger partial charge >= 0.3 is 0 Å². The van der Waals surface area contributed by atoms with Gasteiger partial charge in [0.25, 0.3) is 0 Å². The molecule has 0 N–H and O–H groups in total. The maximum absolute atomic E-state index is 12.6. The second-order valence-electron chi connectivity index (χ2n) is 4.74. The molecule has 0 aromatic heterocycles. The van der Waals surface area contributed by atoms with Gasteiger partial charge in [-0.05, 0) is 31.9 Å². The Morgan fingerprint density at radius 2 is 1.56 bits per heavy atom. The Labute approximate surface area is 109 Å². The molecule has 1 fully saturated rings. The van der Waals surface area contributed by atoms with Crippen LogP contribution in [0.5, 0.6) is 0 Å². The Morgan fingerprint density at radius 1 is 1.06 bits per heavy atom. The van der Waals surface area contributed by atoms with E-state index in [0.29, 0.717) is 31.2 Å². The highest BCUT2D eigenvalue weighted by Crippen LogP contribution is 2.25. The van der Waals surface area contributed by atoms with E-state index < -0.39 is 10.0 Å². The molecule has 1 saturated heterocycles. The summed E-state index contributed by atoms with van der Waals surface area (Å²) in [6, 6.07) is 3.83. The Balaban J connectivity index is 2.47. The van der Waals surface area contributed by atoms with Gasteiger partial charge in [-0.1, -0.05) is 17.7 Å². The number of morpholine rings is 1. The van der Waals surface area contributed by atoms with Crippen molar-refractivity contribution in [3.05, 3.63) is 28.8 Å². The minimum Gasteiger partial charge on any atom is -0.379 e. The van der Waals surface area contributed by atoms with E-state index in [2.05, 4.69) is 0 Å². The molecule has 0 aliphatic carbocycles. The Morgan fingerprint density at radius 3 is 2.06 bits per heavy atom. The lowest BCUT2D eigenvalue weighted by molar-refractivity contribution is 0.0730. The van der Waals surface area contributed by atoms with E-state index >= 15 is 0 Å². The molecule has 1 aliphatic heterocycles. The van der Waals surface area contributed by atoms with Crippen LogP contribution in [-0.4, -0.2) is 39.0 Å². The third-order valence-electron chi connectivity index (χ3n) is 3.17. The molecular weight excluding hydrogens is 250 g/mol. The zero-order chi connectivity index (χ0) is 13.3. The van der Waals surface area contributed by atoms with Crippen LogP contribution >= 0.6 is 0 Å². The standard InChI is InChI=1S/C13H19NO3S/c1-10-8-11(2)13(12(3)9-10)18(15,16)14-4-6-17-7-5-14/h8-9H,4-7H2,1-3H3. The predicted octanol–water partition coefficient (Wildman–Crippen LogP) is 1.63. The molecule has 0 atom stereocenters. The van der Waals surface area contributed by atoms with Crippen molar-refractivity contribution in [2.45, 2.75) is 25.7 Å². The molecule has 0 amide bonds. The lowest BCUT2D eigenvalue weighted by Crippen LogP contribution is -2.41. The molecule has 18 heavy (non-hydrogen) atoms. The van der Waals surface area contributed by atoms with Gasteiger partial charge in [0.1, 0.15) is 0 Å². The number of sulfonamides is 1. The smallest absolute Gasteiger partial charge is 0.243 e. The average molecular weight is 269 g/mol. The highest BCUT2D eigenvalue weighted by atomic mass is 32.2. The first-order chi connectivity index (χ1) is 8.43. The minimum absolute atomic E-state index is 0.440. The summed E-state index contributed by atoms with van der Waals surface area (Å²) in [4.78, 5) is 0.454. The molecule has 5 heteroatoms. The SMILES string of the molecule is Cc1cc(C)c(S(=O)(=O)N2CCOCC2)c(C)c1. The van der Waals surface area contributed by atoms with Gasteiger partial charge in [0.2, 0.25) is 10.0 Å². The molecule has 100 valence electrons. The second-order valence-corrected chi connectivity index (χ2v) is 6.62. The number of hydrogen-bond donors (Lipinski definition) is 0. The molecule has 0 radical (unpaired) electrons. The van der Waals surface area contributed by atoms with Crippen molar-refractivity contribution in [2.24, 2.45) is 0 Å². The fraction of sp³-hybridized carbons (Fsp3) is 0.538. The fourth-order valence-corrected chi connectivity index (χ4v) is 4.31. The van der Waals surface area contributed by atoms with Crippen LogP contribution in [0.3, 0.4) is 0 Å². The highest BCUT2D eigenvalue weighted by molar-refractivity contribution is 7.89.